The SMILES string of the molecule is CC1(CNC(=O)N2CCC(CO)CC2)Cc2ccccc2C1. The Balaban J connectivity index is 1.50. The molecule has 1 aliphatic heterocycles. The van der Waals surface area contributed by atoms with E-state index in [2.05, 4.69) is 36.5 Å². The van der Waals surface area contributed by atoms with Gasteiger partial charge in [0.25, 0.3) is 0 Å². The first-order chi connectivity index (χ1) is 10.6. The van der Waals surface area contributed by atoms with E-state index in [9.17, 15) is 4.79 Å². The quantitative estimate of drug-likeness (QED) is 0.899. The fraction of sp³-hybridized carbons (Fsp3) is 0.611. The molecule has 0 spiro atoms. The highest BCUT2D eigenvalue weighted by Gasteiger charge is 2.33. The second kappa shape index (κ2) is 6.29. The van der Waals surface area contributed by atoms with Crippen molar-refractivity contribution in [3.05, 3.63) is 35.4 Å². The summed E-state index contributed by atoms with van der Waals surface area (Å²) in [6, 6.07) is 8.63. The molecule has 3 rings (SSSR count). The lowest BCUT2D eigenvalue weighted by Gasteiger charge is -2.32. The molecule has 120 valence electrons. The van der Waals surface area contributed by atoms with Crippen LogP contribution in [0.3, 0.4) is 0 Å². The standard InChI is InChI=1S/C18H26N2O2/c1-18(10-15-4-2-3-5-16(15)11-18)13-19-17(22)20-8-6-14(12-21)7-9-20/h2-5,14,21H,6-13H2,1H3,(H,19,22). The average molecular weight is 302 g/mol. The first-order valence-corrected chi connectivity index (χ1v) is 8.30. The van der Waals surface area contributed by atoms with Crippen LogP contribution in [-0.4, -0.2) is 42.3 Å². The highest BCUT2D eigenvalue weighted by molar-refractivity contribution is 5.74. The van der Waals surface area contributed by atoms with Crippen LogP contribution in [0.5, 0.6) is 0 Å². The number of nitrogens with one attached hydrogen (secondary N) is 1. The van der Waals surface area contributed by atoms with Crippen LogP contribution in [-0.2, 0) is 12.8 Å². The zero-order valence-corrected chi connectivity index (χ0v) is 13.3. The summed E-state index contributed by atoms with van der Waals surface area (Å²) in [5, 5.41) is 12.3. The molecule has 2 amide bonds. The van der Waals surface area contributed by atoms with Crippen molar-refractivity contribution in [2.75, 3.05) is 26.2 Å². The number of aliphatic hydroxyl groups excluding tert-OH is 1. The number of piperidine rings is 1. The van der Waals surface area contributed by atoms with Crippen molar-refractivity contribution >= 4 is 6.03 Å². The first-order valence-electron chi connectivity index (χ1n) is 8.30. The minimum Gasteiger partial charge on any atom is -0.396 e. The van der Waals surface area contributed by atoms with E-state index >= 15 is 0 Å². The molecule has 0 unspecified atom stereocenters. The number of carbonyl (C=O) groups excluding carboxylic acids is 1. The highest BCUT2D eigenvalue weighted by Crippen LogP contribution is 2.36. The molecular weight excluding hydrogens is 276 g/mol. The molecule has 0 saturated carbocycles. The number of benzene rings is 1. The fourth-order valence-corrected chi connectivity index (χ4v) is 3.73. The first kappa shape index (κ1) is 15.3. The molecule has 1 saturated heterocycles. The molecule has 0 atom stereocenters. The summed E-state index contributed by atoms with van der Waals surface area (Å²) in [6.45, 7) is 4.74. The number of fused-ring (bicyclic) bond motifs is 1. The molecule has 0 bridgehead atoms. The molecule has 1 heterocycles. The molecule has 1 aromatic rings. The molecule has 2 aliphatic rings. The van der Waals surface area contributed by atoms with Gasteiger partial charge in [0.2, 0.25) is 0 Å². The van der Waals surface area contributed by atoms with Crippen molar-refractivity contribution in [2.24, 2.45) is 11.3 Å². The van der Waals surface area contributed by atoms with Gasteiger partial charge in [-0.15, -0.1) is 0 Å². The lowest BCUT2D eigenvalue weighted by molar-refractivity contribution is 0.135. The third-order valence-corrected chi connectivity index (χ3v) is 5.18. The minimum absolute atomic E-state index is 0.0496. The molecule has 22 heavy (non-hydrogen) atoms. The van der Waals surface area contributed by atoms with Gasteiger partial charge in [-0.05, 0) is 48.1 Å². The zero-order valence-electron chi connectivity index (χ0n) is 13.3. The van der Waals surface area contributed by atoms with Gasteiger partial charge in [-0.2, -0.15) is 0 Å². The lowest BCUT2D eigenvalue weighted by atomic mass is 9.87. The molecule has 4 nitrogen and oxygen atoms in total. The van der Waals surface area contributed by atoms with Crippen LogP contribution < -0.4 is 5.32 Å². The van der Waals surface area contributed by atoms with E-state index < -0.39 is 0 Å². The molecule has 1 aliphatic carbocycles. The maximum Gasteiger partial charge on any atom is 0.317 e. The van der Waals surface area contributed by atoms with Crippen LogP contribution in [0.4, 0.5) is 4.79 Å². The number of nitrogens with zero attached hydrogens (tertiary/aromatic N) is 1. The Morgan fingerprint density at radius 1 is 1.27 bits per heavy atom. The lowest BCUT2D eigenvalue weighted by Crippen LogP contribution is -2.47. The fourth-order valence-electron chi connectivity index (χ4n) is 3.73. The second-order valence-electron chi connectivity index (χ2n) is 7.20. The van der Waals surface area contributed by atoms with Gasteiger partial charge in [-0.3, -0.25) is 0 Å². The minimum atomic E-state index is 0.0496. The largest absolute Gasteiger partial charge is 0.396 e. The number of rotatable bonds is 3. The summed E-state index contributed by atoms with van der Waals surface area (Å²) in [4.78, 5) is 14.2. The molecular formula is C18H26N2O2. The Hall–Kier alpha value is -1.55. The van der Waals surface area contributed by atoms with Crippen LogP contribution in [0.1, 0.15) is 30.9 Å². The van der Waals surface area contributed by atoms with Gasteiger partial charge in [-0.25, -0.2) is 4.79 Å². The number of likely N-dealkylation sites (tertiary alicyclic amines) is 1. The average Bonchev–Trinajstić information content (AvgIpc) is 2.89. The molecule has 1 fully saturated rings. The van der Waals surface area contributed by atoms with Crippen LogP contribution >= 0.6 is 0 Å². The van der Waals surface area contributed by atoms with Crippen LogP contribution in [0, 0.1) is 11.3 Å². The van der Waals surface area contributed by atoms with Gasteiger partial charge in [0.15, 0.2) is 0 Å². The van der Waals surface area contributed by atoms with Crippen molar-refractivity contribution in [3.8, 4) is 0 Å². The van der Waals surface area contributed by atoms with Gasteiger partial charge in [0, 0.05) is 26.2 Å². The monoisotopic (exact) mass is 302 g/mol. The number of aliphatic hydroxyl groups is 1. The van der Waals surface area contributed by atoms with E-state index in [1.807, 2.05) is 4.90 Å². The van der Waals surface area contributed by atoms with E-state index in [-0.39, 0.29) is 18.1 Å². The summed E-state index contributed by atoms with van der Waals surface area (Å²) < 4.78 is 0. The number of hydrogen-bond donors (Lipinski definition) is 2. The van der Waals surface area contributed by atoms with E-state index in [0.29, 0.717) is 5.92 Å². The van der Waals surface area contributed by atoms with Crippen LogP contribution in [0.15, 0.2) is 24.3 Å². The van der Waals surface area contributed by atoms with E-state index in [4.69, 9.17) is 5.11 Å². The van der Waals surface area contributed by atoms with Gasteiger partial charge < -0.3 is 15.3 Å². The third-order valence-electron chi connectivity index (χ3n) is 5.18. The summed E-state index contributed by atoms with van der Waals surface area (Å²) in [6.07, 6.45) is 3.89. The zero-order chi connectivity index (χ0) is 15.6. The number of hydrogen-bond acceptors (Lipinski definition) is 2. The Kier molecular flexibility index (Phi) is 4.39. The molecule has 1 aromatic carbocycles. The number of urea groups is 1. The van der Waals surface area contributed by atoms with Gasteiger partial charge in [0.05, 0.1) is 0 Å². The molecule has 4 heteroatoms. The van der Waals surface area contributed by atoms with E-state index in [1.54, 1.807) is 0 Å². The Labute approximate surface area is 132 Å². The molecule has 0 aromatic heterocycles. The van der Waals surface area contributed by atoms with Crippen molar-refractivity contribution in [1.29, 1.82) is 0 Å². The van der Waals surface area contributed by atoms with Crippen LogP contribution in [0.2, 0.25) is 0 Å². The van der Waals surface area contributed by atoms with Gasteiger partial charge in [0.1, 0.15) is 0 Å². The van der Waals surface area contributed by atoms with Crippen molar-refractivity contribution < 1.29 is 9.90 Å². The number of amides is 2. The Morgan fingerprint density at radius 2 is 1.86 bits per heavy atom. The summed E-state index contributed by atoms with van der Waals surface area (Å²) in [5.74, 6) is 0.367. The summed E-state index contributed by atoms with van der Waals surface area (Å²) in [7, 11) is 0. The third kappa shape index (κ3) is 3.27. The second-order valence-corrected chi connectivity index (χ2v) is 7.20. The predicted molar refractivity (Wildman–Crippen MR) is 86.7 cm³/mol. The maximum absolute atomic E-state index is 12.3. The normalized spacial score (nSPS) is 20.7. The molecule has 0 radical (unpaired) electrons. The number of carbonyl (C=O) groups is 1. The van der Waals surface area contributed by atoms with E-state index in [1.165, 1.54) is 11.1 Å². The van der Waals surface area contributed by atoms with Crippen molar-refractivity contribution in [2.45, 2.75) is 32.6 Å². The Morgan fingerprint density at radius 3 is 2.41 bits per heavy atom. The van der Waals surface area contributed by atoms with E-state index in [0.717, 1.165) is 45.3 Å². The summed E-state index contributed by atoms with van der Waals surface area (Å²) >= 11 is 0. The van der Waals surface area contributed by atoms with Gasteiger partial charge >= 0.3 is 6.03 Å². The smallest absolute Gasteiger partial charge is 0.317 e. The molecule has 2 N–H and O–H groups in total. The summed E-state index contributed by atoms with van der Waals surface area (Å²) in [5.41, 5.74) is 2.97. The maximum atomic E-state index is 12.3. The Bertz CT molecular complexity index is 511. The van der Waals surface area contributed by atoms with Crippen molar-refractivity contribution in [3.63, 3.8) is 0 Å². The highest BCUT2D eigenvalue weighted by atomic mass is 16.3. The van der Waals surface area contributed by atoms with Gasteiger partial charge in [-0.1, -0.05) is 31.2 Å². The van der Waals surface area contributed by atoms with Crippen LogP contribution in [0.25, 0.3) is 0 Å². The predicted octanol–water partition coefficient (Wildman–Crippen LogP) is 2.21. The van der Waals surface area contributed by atoms with Crippen molar-refractivity contribution in [1.82, 2.24) is 10.2 Å². The topological polar surface area (TPSA) is 52.6 Å².